The molecule has 3 rings (SSSR count). The number of hydrogen-bond donors (Lipinski definition) is 1. The van der Waals surface area contributed by atoms with Gasteiger partial charge in [0.15, 0.2) is 0 Å². The molecule has 0 spiro atoms. The highest BCUT2D eigenvalue weighted by atomic mass is 16.6. The Morgan fingerprint density at radius 2 is 1.83 bits per heavy atom. The van der Waals surface area contributed by atoms with Crippen molar-refractivity contribution in [1.29, 1.82) is 0 Å². The lowest BCUT2D eigenvalue weighted by atomic mass is 9.98. The van der Waals surface area contributed by atoms with E-state index >= 15 is 0 Å². The van der Waals surface area contributed by atoms with Crippen LogP contribution >= 0.6 is 0 Å². The van der Waals surface area contributed by atoms with Crippen molar-refractivity contribution in [2.45, 2.75) is 25.7 Å². The number of aromatic amines is 1. The fraction of sp³-hybridized carbons (Fsp3) is 0.286. The summed E-state index contributed by atoms with van der Waals surface area (Å²) < 4.78 is 0. The Balaban J connectivity index is 1.94. The molecule has 1 aromatic carbocycles. The number of nitrogens with one attached hydrogen (secondary N) is 1. The van der Waals surface area contributed by atoms with E-state index in [0.29, 0.717) is 0 Å². The minimum atomic E-state index is -0.372. The van der Waals surface area contributed by atoms with Crippen molar-refractivity contribution in [3.63, 3.8) is 0 Å². The van der Waals surface area contributed by atoms with Gasteiger partial charge >= 0.3 is 0 Å². The molecule has 1 aliphatic carbocycles. The average Bonchev–Trinajstić information content (AvgIpc) is 2.82. The van der Waals surface area contributed by atoms with Gasteiger partial charge in [0.2, 0.25) is 0 Å². The van der Waals surface area contributed by atoms with Crippen LogP contribution in [0.2, 0.25) is 0 Å². The molecular weight excluding hydrogens is 228 g/mol. The van der Waals surface area contributed by atoms with Crippen LogP contribution in [0.5, 0.6) is 0 Å². The van der Waals surface area contributed by atoms with Gasteiger partial charge in [0.05, 0.1) is 4.92 Å². The number of nitrogens with zero attached hydrogens (tertiary/aromatic N) is 1. The van der Waals surface area contributed by atoms with Crippen LogP contribution < -0.4 is 0 Å². The summed E-state index contributed by atoms with van der Waals surface area (Å²) in [5.41, 5.74) is 4.94. The summed E-state index contributed by atoms with van der Waals surface area (Å²) in [6.07, 6.45) is 4.75. The zero-order valence-electron chi connectivity index (χ0n) is 9.98. The lowest BCUT2D eigenvalue weighted by Crippen LogP contribution is -1.99. The van der Waals surface area contributed by atoms with Gasteiger partial charge in [-0.05, 0) is 55.0 Å². The topological polar surface area (TPSA) is 58.9 Å². The zero-order chi connectivity index (χ0) is 12.5. The number of fused-ring (bicyclic) bond motifs is 1. The number of nitro groups is 1. The fourth-order valence-corrected chi connectivity index (χ4v) is 2.52. The van der Waals surface area contributed by atoms with Gasteiger partial charge in [0.25, 0.3) is 5.69 Å². The minimum absolute atomic E-state index is 0.134. The van der Waals surface area contributed by atoms with Crippen molar-refractivity contribution < 1.29 is 4.92 Å². The molecule has 0 bridgehead atoms. The largest absolute Gasteiger partial charge is 0.358 e. The Labute approximate surface area is 105 Å². The van der Waals surface area contributed by atoms with E-state index in [1.807, 2.05) is 0 Å². The SMILES string of the molecule is O=[N+]([O-])c1ccc(-c2cc3c([nH]2)CCCC3)cc1. The Hall–Kier alpha value is -2.10. The lowest BCUT2D eigenvalue weighted by molar-refractivity contribution is -0.384. The van der Waals surface area contributed by atoms with Crippen molar-refractivity contribution in [3.8, 4) is 11.3 Å². The number of rotatable bonds is 2. The van der Waals surface area contributed by atoms with Crippen molar-refractivity contribution in [2.75, 3.05) is 0 Å². The van der Waals surface area contributed by atoms with Crippen molar-refractivity contribution in [2.24, 2.45) is 0 Å². The van der Waals surface area contributed by atoms with Crippen LogP contribution in [0.15, 0.2) is 30.3 Å². The summed E-state index contributed by atoms with van der Waals surface area (Å²) in [5.74, 6) is 0. The van der Waals surface area contributed by atoms with Gasteiger partial charge in [-0.15, -0.1) is 0 Å². The molecule has 1 aliphatic rings. The van der Waals surface area contributed by atoms with Crippen LogP contribution in [-0.4, -0.2) is 9.91 Å². The van der Waals surface area contributed by atoms with E-state index in [0.717, 1.165) is 24.1 Å². The predicted molar refractivity (Wildman–Crippen MR) is 69.5 cm³/mol. The third-order valence-corrected chi connectivity index (χ3v) is 3.50. The number of nitro benzene ring substituents is 1. The summed E-state index contributed by atoms with van der Waals surface area (Å²) in [6.45, 7) is 0. The maximum atomic E-state index is 10.6. The van der Waals surface area contributed by atoms with E-state index in [9.17, 15) is 10.1 Å². The molecular formula is C14H14N2O2. The van der Waals surface area contributed by atoms with Gasteiger partial charge in [-0.3, -0.25) is 10.1 Å². The number of non-ortho nitro benzene ring substituents is 1. The van der Waals surface area contributed by atoms with Gasteiger partial charge in [0.1, 0.15) is 0 Å². The van der Waals surface area contributed by atoms with Crippen LogP contribution in [0.1, 0.15) is 24.1 Å². The number of aryl methyl sites for hydroxylation is 2. The molecule has 0 radical (unpaired) electrons. The van der Waals surface area contributed by atoms with Crippen LogP contribution in [-0.2, 0) is 12.8 Å². The monoisotopic (exact) mass is 242 g/mol. The van der Waals surface area contributed by atoms with Crippen molar-refractivity contribution >= 4 is 5.69 Å². The minimum Gasteiger partial charge on any atom is -0.358 e. The Morgan fingerprint density at radius 1 is 1.11 bits per heavy atom. The van der Waals surface area contributed by atoms with Crippen molar-refractivity contribution in [3.05, 3.63) is 51.7 Å². The summed E-state index contributed by atoms with van der Waals surface area (Å²) in [6, 6.07) is 8.88. The first-order valence-corrected chi connectivity index (χ1v) is 6.19. The molecule has 92 valence electrons. The van der Waals surface area contributed by atoms with E-state index in [4.69, 9.17) is 0 Å². The normalized spacial score (nSPS) is 14.2. The quantitative estimate of drug-likeness (QED) is 0.647. The van der Waals surface area contributed by atoms with Crippen LogP contribution in [0, 0.1) is 10.1 Å². The summed E-state index contributed by atoms with van der Waals surface area (Å²) in [5, 5.41) is 10.6. The highest BCUT2D eigenvalue weighted by molar-refractivity contribution is 5.63. The van der Waals surface area contributed by atoms with E-state index in [2.05, 4.69) is 11.1 Å². The molecule has 0 saturated carbocycles. The molecule has 18 heavy (non-hydrogen) atoms. The molecule has 2 aromatic rings. The van der Waals surface area contributed by atoms with E-state index < -0.39 is 0 Å². The van der Waals surface area contributed by atoms with Crippen molar-refractivity contribution in [1.82, 2.24) is 4.98 Å². The highest BCUT2D eigenvalue weighted by Crippen LogP contribution is 2.28. The maximum absolute atomic E-state index is 10.6. The number of hydrogen-bond acceptors (Lipinski definition) is 2. The second kappa shape index (κ2) is 4.29. The van der Waals surface area contributed by atoms with Gasteiger partial charge in [-0.25, -0.2) is 0 Å². The standard InChI is InChI=1S/C14H14N2O2/c17-16(18)12-7-5-10(6-8-12)14-9-11-3-1-2-4-13(11)15-14/h5-9,15H,1-4H2. The zero-order valence-corrected chi connectivity index (χ0v) is 9.98. The lowest BCUT2D eigenvalue weighted by Gasteiger charge is -2.09. The Morgan fingerprint density at radius 3 is 2.50 bits per heavy atom. The number of H-pyrrole nitrogens is 1. The molecule has 0 saturated heterocycles. The Kier molecular flexibility index (Phi) is 2.63. The molecule has 1 N–H and O–H groups in total. The van der Waals surface area contributed by atoms with Gasteiger partial charge < -0.3 is 4.98 Å². The number of aromatic nitrogens is 1. The fourth-order valence-electron chi connectivity index (χ4n) is 2.52. The summed E-state index contributed by atoms with van der Waals surface area (Å²) >= 11 is 0. The first-order chi connectivity index (χ1) is 8.74. The van der Waals surface area contributed by atoms with Crippen LogP contribution in [0.4, 0.5) is 5.69 Å². The second-order valence-electron chi connectivity index (χ2n) is 4.70. The van der Waals surface area contributed by atoms with Gasteiger partial charge in [-0.1, -0.05) is 0 Å². The molecule has 1 aromatic heterocycles. The molecule has 0 fully saturated rings. The van der Waals surface area contributed by atoms with Gasteiger partial charge in [-0.2, -0.15) is 0 Å². The van der Waals surface area contributed by atoms with E-state index in [1.54, 1.807) is 24.3 Å². The summed E-state index contributed by atoms with van der Waals surface area (Å²) in [7, 11) is 0. The third kappa shape index (κ3) is 1.90. The average molecular weight is 242 g/mol. The molecule has 4 heteroatoms. The molecule has 1 heterocycles. The predicted octanol–water partition coefficient (Wildman–Crippen LogP) is 3.47. The molecule has 0 atom stereocenters. The highest BCUT2D eigenvalue weighted by Gasteiger charge is 2.13. The second-order valence-corrected chi connectivity index (χ2v) is 4.70. The number of benzene rings is 1. The first kappa shape index (κ1) is 11.0. The molecule has 4 nitrogen and oxygen atoms in total. The Bertz CT molecular complexity index is 561. The smallest absolute Gasteiger partial charge is 0.269 e. The molecule has 0 amide bonds. The van der Waals surface area contributed by atoms with Gasteiger partial charge in [0, 0.05) is 23.5 Å². The summed E-state index contributed by atoms with van der Waals surface area (Å²) in [4.78, 5) is 13.7. The van der Waals surface area contributed by atoms with E-state index in [1.165, 1.54) is 24.1 Å². The maximum Gasteiger partial charge on any atom is 0.269 e. The first-order valence-electron chi connectivity index (χ1n) is 6.19. The van der Waals surface area contributed by atoms with Crippen LogP contribution in [0.25, 0.3) is 11.3 Å². The molecule has 0 aliphatic heterocycles. The van der Waals surface area contributed by atoms with Crippen LogP contribution in [0.3, 0.4) is 0 Å². The third-order valence-electron chi connectivity index (χ3n) is 3.50. The molecule has 0 unspecified atom stereocenters. The van der Waals surface area contributed by atoms with E-state index in [-0.39, 0.29) is 10.6 Å².